The molecule has 1 aromatic carbocycles. The molecule has 2 rings (SSSR count). The second kappa shape index (κ2) is 6.35. The van der Waals surface area contributed by atoms with E-state index in [0.29, 0.717) is 6.54 Å². The van der Waals surface area contributed by atoms with Crippen LogP contribution in [0.4, 0.5) is 9.18 Å². The Balaban J connectivity index is 1.81. The Morgan fingerprint density at radius 2 is 2.06 bits per heavy atom. The van der Waals surface area contributed by atoms with Crippen molar-refractivity contribution >= 4 is 6.09 Å². The molecular formula is C13H17FN2O2. The minimum Gasteiger partial charge on any atom is -0.445 e. The Bertz CT molecular complexity index is 386. The van der Waals surface area contributed by atoms with Crippen molar-refractivity contribution in [1.29, 1.82) is 0 Å². The first-order chi connectivity index (χ1) is 8.75. The van der Waals surface area contributed by atoms with Crippen molar-refractivity contribution < 1.29 is 13.9 Å². The molecule has 1 amide bonds. The van der Waals surface area contributed by atoms with Crippen LogP contribution in [0.5, 0.6) is 0 Å². The van der Waals surface area contributed by atoms with Crippen molar-refractivity contribution in [2.75, 3.05) is 26.2 Å². The van der Waals surface area contributed by atoms with Crippen molar-refractivity contribution in [2.24, 2.45) is 0 Å². The molecule has 18 heavy (non-hydrogen) atoms. The molecule has 1 aromatic rings. The lowest BCUT2D eigenvalue weighted by molar-refractivity contribution is 0.0984. The summed E-state index contributed by atoms with van der Waals surface area (Å²) >= 11 is 0. The molecule has 1 aliphatic heterocycles. The molecule has 4 nitrogen and oxygen atoms in total. The summed E-state index contributed by atoms with van der Waals surface area (Å²) in [5, 5.41) is 3.22. The van der Waals surface area contributed by atoms with Crippen LogP contribution < -0.4 is 5.32 Å². The molecule has 1 aliphatic rings. The second-order valence-electron chi connectivity index (χ2n) is 4.27. The molecule has 0 atom stereocenters. The molecule has 0 spiro atoms. The molecular weight excluding hydrogens is 235 g/mol. The van der Waals surface area contributed by atoms with Gasteiger partial charge in [0.2, 0.25) is 0 Å². The number of ether oxygens (including phenoxy) is 1. The van der Waals surface area contributed by atoms with E-state index in [0.717, 1.165) is 31.6 Å². The number of benzene rings is 1. The van der Waals surface area contributed by atoms with Gasteiger partial charge in [0.05, 0.1) is 0 Å². The minimum atomic E-state index is -0.303. The number of halogens is 1. The van der Waals surface area contributed by atoms with Crippen LogP contribution in [0.15, 0.2) is 24.3 Å². The van der Waals surface area contributed by atoms with Crippen LogP contribution in [0.2, 0.25) is 0 Å². The molecule has 1 N–H and O–H groups in total. The SMILES string of the molecule is O=C(OCc1ccc(F)cc1)N1CCCNCC1. The van der Waals surface area contributed by atoms with Crippen LogP contribution in [-0.2, 0) is 11.3 Å². The summed E-state index contributed by atoms with van der Waals surface area (Å²) in [6.45, 7) is 3.30. The first kappa shape index (κ1) is 12.8. The Morgan fingerprint density at radius 3 is 2.83 bits per heavy atom. The lowest BCUT2D eigenvalue weighted by Crippen LogP contribution is -2.34. The van der Waals surface area contributed by atoms with Crippen LogP contribution in [0, 0.1) is 5.82 Å². The highest BCUT2D eigenvalue weighted by Gasteiger charge is 2.16. The minimum absolute atomic E-state index is 0.184. The maximum absolute atomic E-state index is 12.7. The largest absolute Gasteiger partial charge is 0.445 e. The van der Waals surface area contributed by atoms with E-state index in [2.05, 4.69) is 5.32 Å². The van der Waals surface area contributed by atoms with Crippen LogP contribution in [0.25, 0.3) is 0 Å². The van der Waals surface area contributed by atoms with Gasteiger partial charge in [-0.15, -0.1) is 0 Å². The normalized spacial score (nSPS) is 16.2. The number of rotatable bonds is 2. The predicted octanol–water partition coefficient (Wildman–Crippen LogP) is 1.76. The van der Waals surface area contributed by atoms with Gasteiger partial charge in [-0.2, -0.15) is 0 Å². The fourth-order valence-corrected chi connectivity index (χ4v) is 1.85. The smallest absolute Gasteiger partial charge is 0.410 e. The van der Waals surface area contributed by atoms with Gasteiger partial charge >= 0.3 is 6.09 Å². The Labute approximate surface area is 106 Å². The monoisotopic (exact) mass is 252 g/mol. The third kappa shape index (κ3) is 3.70. The van der Waals surface area contributed by atoms with Gasteiger partial charge in [-0.1, -0.05) is 12.1 Å². The summed E-state index contributed by atoms with van der Waals surface area (Å²) in [6, 6.07) is 5.96. The number of hydrogen-bond donors (Lipinski definition) is 1. The van der Waals surface area contributed by atoms with Crippen LogP contribution in [-0.4, -0.2) is 37.2 Å². The summed E-state index contributed by atoms with van der Waals surface area (Å²) < 4.78 is 17.9. The van der Waals surface area contributed by atoms with E-state index in [4.69, 9.17) is 4.74 Å². The summed E-state index contributed by atoms with van der Waals surface area (Å²) in [5.41, 5.74) is 0.790. The summed E-state index contributed by atoms with van der Waals surface area (Å²) in [4.78, 5) is 13.5. The van der Waals surface area contributed by atoms with Crippen LogP contribution >= 0.6 is 0 Å². The maximum Gasteiger partial charge on any atom is 0.410 e. The van der Waals surface area contributed by atoms with Crippen molar-refractivity contribution in [1.82, 2.24) is 10.2 Å². The molecule has 5 heteroatoms. The van der Waals surface area contributed by atoms with Gasteiger partial charge in [-0.25, -0.2) is 9.18 Å². The lowest BCUT2D eigenvalue weighted by Gasteiger charge is -2.19. The van der Waals surface area contributed by atoms with Crippen molar-refractivity contribution in [3.63, 3.8) is 0 Å². The van der Waals surface area contributed by atoms with E-state index in [9.17, 15) is 9.18 Å². The molecule has 0 aliphatic carbocycles. The van der Waals surface area contributed by atoms with E-state index in [1.165, 1.54) is 12.1 Å². The fourth-order valence-electron chi connectivity index (χ4n) is 1.85. The van der Waals surface area contributed by atoms with Crippen molar-refractivity contribution in [3.8, 4) is 0 Å². The third-order valence-corrected chi connectivity index (χ3v) is 2.87. The number of nitrogens with zero attached hydrogens (tertiary/aromatic N) is 1. The topological polar surface area (TPSA) is 41.6 Å². The molecule has 0 aromatic heterocycles. The maximum atomic E-state index is 12.7. The molecule has 1 saturated heterocycles. The number of carbonyl (C=O) groups is 1. The Hall–Kier alpha value is -1.62. The van der Waals surface area contributed by atoms with E-state index < -0.39 is 0 Å². The van der Waals surface area contributed by atoms with Crippen molar-refractivity contribution in [3.05, 3.63) is 35.6 Å². The highest BCUT2D eigenvalue weighted by molar-refractivity contribution is 5.67. The lowest BCUT2D eigenvalue weighted by atomic mass is 10.2. The summed E-state index contributed by atoms with van der Waals surface area (Å²) in [5.74, 6) is -0.288. The zero-order valence-electron chi connectivity index (χ0n) is 10.2. The highest BCUT2D eigenvalue weighted by Crippen LogP contribution is 2.06. The highest BCUT2D eigenvalue weighted by atomic mass is 19.1. The molecule has 0 bridgehead atoms. The van der Waals surface area contributed by atoms with Crippen LogP contribution in [0.1, 0.15) is 12.0 Å². The standard InChI is InChI=1S/C13H17FN2O2/c14-12-4-2-11(3-5-12)10-18-13(17)16-8-1-6-15-7-9-16/h2-5,15H,1,6-10H2. The predicted molar refractivity (Wildman–Crippen MR) is 65.6 cm³/mol. The summed E-state index contributed by atoms with van der Waals surface area (Å²) in [7, 11) is 0. The molecule has 1 fully saturated rings. The first-order valence-corrected chi connectivity index (χ1v) is 6.12. The quantitative estimate of drug-likeness (QED) is 0.872. The van der Waals surface area contributed by atoms with Crippen LogP contribution in [0.3, 0.4) is 0 Å². The van der Waals surface area contributed by atoms with Gasteiger partial charge in [-0.05, 0) is 30.7 Å². The Kier molecular flexibility index (Phi) is 4.52. The fraction of sp³-hybridized carbons (Fsp3) is 0.462. The van der Waals surface area contributed by atoms with Gasteiger partial charge in [0.1, 0.15) is 12.4 Å². The first-order valence-electron chi connectivity index (χ1n) is 6.12. The zero-order valence-corrected chi connectivity index (χ0v) is 10.2. The van der Waals surface area contributed by atoms with E-state index in [1.54, 1.807) is 17.0 Å². The van der Waals surface area contributed by atoms with E-state index in [-0.39, 0.29) is 18.5 Å². The summed E-state index contributed by atoms with van der Waals surface area (Å²) in [6.07, 6.45) is 0.633. The van der Waals surface area contributed by atoms with E-state index in [1.807, 2.05) is 0 Å². The third-order valence-electron chi connectivity index (χ3n) is 2.87. The van der Waals surface area contributed by atoms with Gasteiger partial charge in [-0.3, -0.25) is 0 Å². The van der Waals surface area contributed by atoms with Gasteiger partial charge in [0, 0.05) is 19.6 Å². The number of amides is 1. The second-order valence-corrected chi connectivity index (χ2v) is 4.27. The number of carbonyl (C=O) groups excluding carboxylic acids is 1. The Morgan fingerprint density at radius 1 is 1.28 bits per heavy atom. The average molecular weight is 252 g/mol. The average Bonchev–Trinajstić information content (AvgIpc) is 2.66. The molecule has 0 saturated carbocycles. The van der Waals surface area contributed by atoms with Crippen molar-refractivity contribution in [2.45, 2.75) is 13.0 Å². The molecule has 0 unspecified atom stereocenters. The number of hydrogen-bond acceptors (Lipinski definition) is 3. The van der Waals surface area contributed by atoms with Gasteiger partial charge < -0.3 is 15.0 Å². The molecule has 1 heterocycles. The van der Waals surface area contributed by atoms with E-state index >= 15 is 0 Å². The number of nitrogens with one attached hydrogen (secondary N) is 1. The molecule has 0 radical (unpaired) electrons. The zero-order chi connectivity index (χ0) is 12.8. The van der Waals surface area contributed by atoms with Gasteiger partial charge in [0.15, 0.2) is 0 Å². The molecule has 98 valence electrons. The van der Waals surface area contributed by atoms with Gasteiger partial charge in [0.25, 0.3) is 0 Å².